The lowest BCUT2D eigenvalue weighted by Gasteiger charge is -2.34. The number of hydrogen-bond donors (Lipinski definition) is 2. The zero-order chi connectivity index (χ0) is 28.1. The maximum absolute atomic E-state index is 14.0. The van der Waals surface area contributed by atoms with Crippen LogP contribution in [0.15, 0.2) is 40.4 Å². The number of aromatic nitrogens is 2. The van der Waals surface area contributed by atoms with Crippen LogP contribution in [0.4, 0.5) is 18.0 Å². The normalized spacial score (nSPS) is 26.0. The van der Waals surface area contributed by atoms with Gasteiger partial charge in [-0.25, -0.2) is 15.2 Å². The molecule has 0 bridgehead atoms. The van der Waals surface area contributed by atoms with Crippen molar-refractivity contribution in [1.29, 1.82) is 0 Å². The molecule has 0 spiro atoms. The third-order valence-corrected chi connectivity index (χ3v) is 7.04. The van der Waals surface area contributed by atoms with E-state index in [9.17, 15) is 22.8 Å². The number of piperidine rings is 1. The number of alkyl halides is 3. The molecule has 10 nitrogen and oxygen atoms in total. The van der Waals surface area contributed by atoms with Gasteiger partial charge in [-0.2, -0.15) is 13.2 Å². The lowest BCUT2D eigenvalue weighted by Crippen LogP contribution is -2.54. The first-order chi connectivity index (χ1) is 18.3. The van der Waals surface area contributed by atoms with Crippen LogP contribution >= 0.6 is 0 Å². The standard InChI is InChI=1S/C26H31F3N6O4/c1-14-17(22-32-31-21(38-22)16-11-8-12-34(13-16)24(37)39-25(2,3)4)23(36)35-20(30-14)18(15-9-6-5-7-10-15)19(33-35)26(27,28)29/h5-7,9-10,16,18-20,30,33H,8,11-13H2,1-4H3. The fraction of sp³-hybridized carbons (Fsp3) is 0.538. The van der Waals surface area contributed by atoms with Crippen molar-refractivity contribution in [1.82, 2.24) is 30.8 Å². The van der Waals surface area contributed by atoms with Gasteiger partial charge in [-0.1, -0.05) is 30.3 Å². The molecule has 1 aromatic heterocycles. The number of carbonyl (C=O) groups is 2. The quantitative estimate of drug-likeness (QED) is 0.594. The van der Waals surface area contributed by atoms with Crippen molar-refractivity contribution in [2.45, 2.75) is 76.4 Å². The minimum atomic E-state index is -4.60. The van der Waals surface area contributed by atoms with Gasteiger partial charge in [0.15, 0.2) is 0 Å². The molecule has 4 heterocycles. The Kier molecular flexibility index (Phi) is 6.81. The molecule has 3 aliphatic rings. The van der Waals surface area contributed by atoms with Gasteiger partial charge in [0, 0.05) is 18.8 Å². The number of rotatable bonds is 3. The number of hydrazine groups is 1. The maximum atomic E-state index is 14.0. The molecular weight excluding hydrogens is 517 g/mol. The largest absolute Gasteiger partial charge is 0.444 e. The van der Waals surface area contributed by atoms with Crippen molar-refractivity contribution < 1.29 is 31.9 Å². The van der Waals surface area contributed by atoms with E-state index in [1.54, 1.807) is 62.9 Å². The van der Waals surface area contributed by atoms with Crippen LogP contribution in [0, 0.1) is 0 Å². The van der Waals surface area contributed by atoms with Crippen LogP contribution in [0.3, 0.4) is 0 Å². The number of fused-ring (bicyclic) bond motifs is 1. The van der Waals surface area contributed by atoms with Crippen LogP contribution in [0.2, 0.25) is 0 Å². The monoisotopic (exact) mass is 548 g/mol. The molecule has 0 saturated carbocycles. The van der Waals surface area contributed by atoms with Crippen LogP contribution in [0.1, 0.15) is 69.7 Å². The van der Waals surface area contributed by atoms with E-state index in [-0.39, 0.29) is 23.3 Å². The van der Waals surface area contributed by atoms with Crippen LogP contribution in [0.5, 0.6) is 0 Å². The van der Waals surface area contributed by atoms with Crippen molar-refractivity contribution in [2.24, 2.45) is 0 Å². The summed E-state index contributed by atoms with van der Waals surface area (Å²) in [5.74, 6) is -1.89. The number of amides is 2. The molecule has 39 heavy (non-hydrogen) atoms. The average Bonchev–Trinajstić information content (AvgIpc) is 3.49. The van der Waals surface area contributed by atoms with E-state index in [1.165, 1.54) is 0 Å². The molecule has 0 aliphatic carbocycles. The molecule has 4 unspecified atom stereocenters. The molecule has 5 rings (SSSR count). The smallest absolute Gasteiger partial charge is 0.410 e. The minimum Gasteiger partial charge on any atom is -0.444 e. The number of halogens is 3. The predicted octanol–water partition coefficient (Wildman–Crippen LogP) is 3.91. The topological polar surface area (TPSA) is 113 Å². The summed E-state index contributed by atoms with van der Waals surface area (Å²) < 4.78 is 53.5. The van der Waals surface area contributed by atoms with E-state index in [1.807, 2.05) is 0 Å². The van der Waals surface area contributed by atoms with E-state index in [4.69, 9.17) is 9.15 Å². The van der Waals surface area contributed by atoms with Gasteiger partial charge in [0.05, 0.1) is 11.8 Å². The molecule has 2 saturated heterocycles. The Bertz CT molecular complexity index is 1270. The molecule has 0 radical (unpaired) electrons. The van der Waals surface area contributed by atoms with Gasteiger partial charge < -0.3 is 19.4 Å². The summed E-state index contributed by atoms with van der Waals surface area (Å²) >= 11 is 0. The summed E-state index contributed by atoms with van der Waals surface area (Å²) in [6, 6.07) is 6.31. The number of hydrogen-bond acceptors (Lipinski definition) is 8. The lowest BCUT2D eigenvalue weighted by atomic mass is 9.89. The van der Waals surface area contributed by atoms with Crippen molar-refractivity contribution in [3.63, 3.8) is 0 Å². The van der Waals surface area contributed by atoms with Gasteiger partial charge in [-0.15, -0.1) is 10.2 Å². The number of nitrogens with zero attached hydrogens (tertiary/aromatic N) is 4. The second-order valence-corrected chi connectivity index (χ2v) is 11.1. The van der Waals surface area contributed by atoms with E-state index in [0.29, 0.717) is 37.2 Å². The van der Waals surface area contributed by atoms with Crippen molar-refractivity contribution in [2.75, 3.05) is 13.1 Å². The molecule has 2 aromatic rings. The van der Waals surface area contributed by atoms with E-state index >= 15 is 0 Å². The first kappa shape index (κ1) is 27.0. The van der Waals surface area contributed by atoms with Gasteiger partial charge in [0.1, 0.15) is 23.4 Å². The highest BCUT2D eigenvalue weighted by molar-refractivity contribution is 6.19. The van der Waals surface area contributed by atoms with Gasteiger partial charge >= 0.3 is 12.3 Å². The number of carbonyl (C=O) groups excluding carboxylic acids is 2. The zero-order valence-electron chi connectivity index (χ0n) is 22.1. The van der Waals surface area contributed by atoms with Gasteiger partial charge in [-0.3, -0.25) is 4.79 Å². The molecular formula is C26H31F3N6O4. The Morgan fingerprint density at radius 3 is 2.54 bits per heavy atom. The Balaban J connectivity index is 1.38. The fourth-order valence-electron chi connectivity index (χ4n) is 5.32. The highest BCUT2D eigenvalue weighted by atomic mass is 19.4. The average molecular weight is 549 g/mol. The maximum Gasteiger partial charge on any atom is 0.410 e. The molecule has 3 aliphatic heterocycles. The van der Waals surface area contributed by atoms with Crippen LogP contribution < -0.4 is 10.7 Å². The summed E-state index contributed by atoms with van der Waals surface area (Å²) in [6.07, 6.45) is -4.63. The number of likely N-dealkylation sites (tertiary alicyclic amines) is 1. The van der Waals surface area contributed by atoms with Crippen LogP contribution in [-0.2, 0) is 9.53 Å². The Morgan fingerprint density at radius 2 is 1.87 bits per heavy atom. The first-order valence-electron chi connectivity index (χ1n) is 12.8. The number of nitrogens with one attached hydrogen (secondary N) is 2. The zero-order valence-corrected chi connectivity index (χ0v) is 22.1. The predicted molar refractivity (Wildman–Crippen MR) is 133 cm³/mol. The summed E-state index contributed by atoms with van der Waals surface area (Å²) in [5.41, 5.74) is 2.51. The van der Waals surface area contributed by atoms with Crippen molar-refractivity contribution >= 4 is 17.6 Å². The molecule has 2 fully saturated rings. The molecule has 13 heteroatoms. The Hall–Kier alpha value is -3.61. The van der Waals surface area contributed by atoms with Gasteiger partial charge in [-0.05, 0) is 46.1 Å². The van der Waals surface area contributed by atoms with Crippen molar-refractivity contribution in [3.8, 4) is 0 Å². The van der Waals surface area contributed by atoms with Crippen molar-refractivity contribution in [3.05, 3.63) is 53.4 Å². The Morgan fingerprint density at radius 1 is 1.15 bits per heavy atom. The summed E-state index contributed by atoms with van der Waals surface area (Å²) in [5, 5.41) is 12.2. The lowest BCUT2D eigenvalue weighted by molar-refractivity contribution is -0.161. The van der Waals surface area contributed by atoms with E-state index < -0.39 is 41.9 Å². The molecule has 210 valence electrons. The first-order valence-corrected chi connectivity index (χ1v) is 12.8. The molecule has 2 N–H and O–H groups in total. The summed E-state index contributed by atoms with van der Waals surface area (Å²) in [6.45, 7) is 7.82. The number of benzene rings is 1. The van der Waals surface area contributed by atoms with Gasteiger partial charge in [0.2, 0.25) is 5.89 Å². The number of ether oxygens (including phenoxy) is 1. The molecule has 1 aromatic carbocycles. The molecule has 2 amide bonds. The second kappa shape index (κ2) is 9.85. The Labute approximate surface area is 223 Å². The minimum absolute atomic E-state index is 0.00746. The van der Waals surface area contributed by atoms with E-state index in [0.717, 1.165) is 5.01 Å². The van der Waals surface area contributed by atoms with Crippen LogP contribution in [-0.4, -0.2) is 69.2 Å². The second-order valence-electron chi connectivity index (χ2n) is 11.1. The highest BCUT2D eigenvalue weighted by Crippen LogP contribution is 2.42. The SMILES string of the molecule is CC1=C(c2nnc(C3CCCN(C(=O)OC(C)(C)C)C3)o2)C(=O)N2NC(C(F)(F)F)C(c3ccccc3)C2N1. The summed E-state index contributed by atoms with van der Waals surface area (Å²) in [4.78, 5) is 27.7. The van der Waals surface area contributed by atoms with Crippen LogP contribution in [0.25, 0.3) is 5.57 Å². The third kappa shape index (κ3) is 5.32. The summed E-state index contributed by atoms with van der Waals surface area (Å²) in [7, 11) is 0. The fourth-order valence-corrected chi connectivity index (χ4v) is 5.32. The number of allylic oxidation sites excluding steroid dienone is 1. The highest BCUT2D eigenvalue weighted by Gasteiger charge is 2.58. The third-order valence-electron chi connectivity index (χ3n) is 7.04. The molecule has 4 atom stereocenters. The van der Waals surface area contributed by atoms with E-state index in [2.05, 4.69) is 20.9 Å². The van der Waals surface area contributed by atoms with Gasteiger partial charge in [0.25, 0.3) is 11.8 Å².